The van der Waals surface area contributed by atoms with Crippen LogP contribution in [0.3, 0.4) is 0 Å². The molecule has 2 unspecified atom stereocenters. The van der Waals surface area contributed by atoms with Crippen LogP contribution in [0.2, 0.25) is 0 Å². The van der Waals surface area contributed by atoms with Gasteiger partial charge in [-0.2, -0.15) is 0 Å². The van der Waals surface area contributed by atoms with Crippen LogP contribution in [-0.2, 0) is 0 Å². The molecule has 82 valence electrons. The highest BCUT2D eigenvalue weighted by molar-refractivity contribution is 5.82. The molecule has 0 aromatic rings. The number of hydrogen-bond donors (Lipinski definition) is 2. The molecule has 0 aromatic carbocycles. The highest BCUT2D eigenvalue weighted by atomic mass is 16.4. The maximum Gasteiger partial charge on any atom is 0.142 e. The molecule has 0 aromatic heterocycles. The Morgan fingerprint density at radius 2 is 1.71 bits per heavy atom. The zero-order chi connectivity index (χ0) is 10.4. The maximum atomic E-state index is 8.63. The molecular formula is C11H22N2O. The van der Waals surface area contributed by atoms with Crippen molar-refractivity contribution < 1.29 is 5.21 Å². The number of oxime groups is 1. The Bertz CT molecular complexity index is 192. The second-order valence-corrected chi connectivity index (χ2v) is 4.54. The number of amidine groups is 1. The lowest BCUT2D eigenvalue weighted by molar-refractivity contribution is 0.311. The number of nitrogens with two attached hydrogens (primary N) is 1. The molecule has 1 aliphatic rings. The number of hydrogen-bond acceptors (Lipinski definition) is 2. The van der Waals surface area contributed by atoms with Crippen LogP contribution in [0.5, 0.6) is 0 Å². The van der Waals surface area contributed by atoms with Crippen molar-refractivity contribution >= 4 is 5.84 Å². The molecule has 0 saturated heterocycles. The van der Waals surface area contributed by atoms with Crippen LogP contribution in [0, 0.1) is 11.8 Å². The highest BCUT2D eigenvalue weighted by Crippen LogP contribution is 2.24. The average Bonchev–Trinajstić information content (AvgIpc) is 2.29. The Kier molecular flexibility index (Phi) is 4.77. The third-order valence-corrected chi connectivity index (χ3v) is 3.28. The normalized spacial score (nSPS) is 31.6. The van der Waals surface area contributed by atoms with E-state index >= 15 is 0 Å². The highest BCUT2D eigenvalue weighted by Gasteiger charge is 2.16. The van der Waals surface area contributed by atoms with E-state index in [1.807, 2.05) is 0 Å². The van der Waals surface area contributed by atoms with Gasteiger partial charge in [-0.25, -0.2) is 0 Å². The van der Waals surface area contributed by atoms with E-state index < -0.39 is 0 Å². The Morgan fingerprint density at radius 3 is 2.43 bits per heavy atom. The Balaban J connectivity index is 2.45. The molecule has 14 heavy (non-hydrogen) atoms. The fraction of sp³-hybridized carbons (Fsp3) is 0.909. The van der Waals surface area contributed by atoms with Crippen molar-refractivity contribution in [2.24, 2.45) is 22.7 Å². The summed E-state index contributed by atoms with van der Waals surface area (Å²) < 4.78 is 0. The molecule has 0 bridgehead atoms. The molecule has 0 spiro atoms. The van der Waals surface area contributed by atoms with Crippen LogP contribution in [0.1, 0.15) is 51.9 Å². The van der Waals surface area contributed by atoms with Gasteiger partial charge < -0.3 is 10.9 Å². The predicted molar refractivity (Wildman–Crippen MR) is 58.4 cm³/mol. The maximum absolute atomic E-state index is 8.63. The summed E-state index contributed by atoms with van der Waals surface area (Å²) in [5.41, 5.74) is 5.65. The predicted octanol–water partition coefficient (Wildman–Crippen LogP) is 2.73. The van der Waals surface area contributed by atoms with E-state index in [0.717, 1.165) is 18.8 Å². The third kappa shape index (κ3) is 3.56. The number of nitrogens with zero attached hydrogens (tertiary/aromatic N) is 1. The third-order valence-electron chi connectivity index (χ3n) is 3.28. The molecule has 2 atom stereocenters. The second-order valence-electron chi connectivity index (χ2n) is 4.54. The molecule has 1 aliphatic carbocycles. The monoisotopic (exact) mass is 198 g/mol. The van der Waals surface area contributed by atoms with E-state index in [4.69, 9.17) is 10.9 Å². The Morgan fingerprint density at radius 1 is 1.14 bits per heavy atom. The zero-order valence-electron chi connectivity index (χ0n) is 9.08. The van der Waals surface area contributed by atoms with Gasteiger partial charge in [0.1, 0.15) is 5.84 Å². The fourth-order valence-corrected chi connectivity index (χ4v) is 2.26. The minimum absolute atomic E-state index is 0.310. The van der Waals surface area contributed by atoms with Gasteiger partial charge in [0.2, 0.25) is 0 Å². The van der Waals surface area contributed by atoms with Crippen LogP contribution in [0.4, 0.5) is 0 Å². The summed E-state index contributed by atoms with van der Waals surface area (Å²) in [6, 6.07) is 0. The molecule has 0 radical (unpaired) electrons. The SMILES string of the molecule is CC1CCCCC(C(N)=NO)CCC1. The first-order valence-corrected chi connectivity index (χ1v) is 5.71. The largest absolute Gasteiger partial charge is 0.409 e. The van der Waals surface area contributed by atoms with E-state index in [0.29, 0.717) is 11.8 Å². The van der Waals surface area contributed by atoms with Crippen LogP contribution < -0.4 is 5.73 Å². The Labute approximate surface area is 86.4 Å². The molecule has 3 N–H and O–H groups in total. The Hall–Kier alpha value is -0.730. The second kappa shape index (κ2) is 5.89. The van der Waals surface area contributed by atoms with Crippen molar-refractivity contribution in [3.05, 3.63) is 0 Å². The van der Waals surface area contributed by atoms with Gasteiger partial charge in [-0.15, -0.1) is 0 Å². The summed E-state index contributed by atoms with van der Waals surface area (Å²) in [7, 11) is 0. The van der Waals surface area contributed by atoms with Gasteiger partial charge in [-0.1, -0.05) is 44.2 Å². The van der Waals surface area contributed by atoms with Gasteiger partial charge in [0.05, 0.1) is 0 Å². The summed E-state index contributed by atoms with van der Waals surface area (Å²) >= 11 is 0. The zero-order valence-corrected chi connectivity index (χ0v) is 9.08. The lowest BCUT2D eigenvalue weighted by atomic mass is 9.95. The van der Waals surface area contributed by atoms with E-state index in [1.54, 1.807) is 0 Å². The number of rotatable bonds is 1. The van der Waals surface area contributed by atoms with Crippen LogP contribution >= 0.6 is 0 Å². The molecule has 1 saturated carbocycles. The summed E-state index contributed by atoms with van der Waals surface area (Å²) in [5.74, 6) is 1.59. The molecule has 1 fully saturated rings. The van der Waals surface area contributed by atoms with Crippen molar-refractivity contribution in [3.8, 4) is 0 Å². The lowest BCUT2D eigenvalue weighted by Gasteiger charge is -2.13. The van der Waals surface area contributed by atoms with Crippen molar-refractivity contribution in [2.45, 2.75) is 51.9 Å². The molecule has 1 rings (SSSR count). The van der Waals surface area contributed by atoms with Crippen molar-refractivity contribution in [2.75, 3.05) is 0 Å². The summed E-state index contributed by atoms with van der Waals surface area (Å²) in [5, 5.41) is 11.8. The van der Waals surface area contributed by atoms with Crippen molar-refractivity contribution in [1.29, 1.82) is 0 Å². The summed E-state index contributed by atoms with van der Waals surface area (Å²) in [4.78, 5) is 0. The van der Waals surface area contributed by atoms with Gasteiger partial charge in [0.15, 0.2) is 0 Å². The smallest absolute Gasteiger partial charge is 0.142 e. The van der Waals surface area contributed by atoms with Gasteiger partial charge in [0, 0.05) is 5.92 Å². The minimum Gasteiger partial charge on any atom is -0.409 e. The van der Waals surface area contributed by atoms with E-state index in [-0.39, 0.29) is 0 Å². The lowest BCUT2D eigenvalue weighted by Crippen LogP contribution is -2.23. The summed E-state index contributed by atoms with van der Waals surface area (Å²) in [6.07, 6.45) is 8.50. The first kappa shape index (κ1) is 11.3. The van der Waals surface area contributed by atoms with E-state index in [9.17, 15) is 0 Å². The molecule has 0 heterocycles. The molecule has 0 amide bonds. The first-order chi connectivity index (χ1) is 6.74. The quantitative estimate of drug-likeness (QED) is 0.294. The average molecular weight is 198 g/mol. The standard InChI is InChI=1S/C11H22N2O/c1-9-5-2-3-7-10(8-4-6-9)11(12)13-14/h9-10,14H,2-8H2,1H3,(H2,12,13). The van der Waals surface area contributed by atoms with Gasteiger partial charge >= 0.3 is 0 Å². The van der Waals surface area contributed by atoms with Crippen LogP contribution in [0.25, 0.3) is 0 Å². The molecule has 3 nitrogen and oxygen atoms in total. The van der Waals surface area contributed by atoms with Crippen molar-refractivity contribution in [1.82, 2.24) is 0 Å². The van der Waals surface area contributed by atoms with Gasteiger partial charge in [0.25, 0.3) is 0 Å². The molecule has 3 heteroatoms. The topological polar surface area (TPSA) is 58.6 Å². The fourth-order valence-electron chi connectivity index (χ4n) is 2.26. The van der Waals surface area contributed by atoms with Gasteiger partial charge in [-0.05, 0) is 18.8 Å². The van der Waals surface area contributed by atoms with E-state index in [1.165, 1.54) is 32.1 Å². The van der Waals surface area contributed by atoms with Crippen LogP contribution in [-0.4, -0.2) is 11.0 Å². The molecule has 0 aliphatic heterocycles. The molecular weight excluding hydrogens is 176 g/mol. The minimum atomic E-state index is 0.310. The van der Waals surface area contributed by atoms with Gasteiger partial charge in [-0.3, -0.25) is 0 Å². The van der Waals surface area contributed by atoms with Crippen molar-refractivity contribution in [3.63, 3.8) is 0 Å². The van der Waals surface area contributed by atoms with E-state index in [2.05, 4.69) is 12.1 Å². The first-order valence-electron chi connectivity index (χ1n) is 5.71. The van der Waals surface area contributed by atoms with Crippen LogP contribution in [0.15, 0.2) is 5.16 Å². The summed E-state index contributed by atoms with van der Waals surface area (Å²) in [6.45, 7) is 2.32.